The first-order valence-corrected chi connectivity index (χ1v) is 12.7. The van der Waals surface area contributed by atoms with E-state index in [2.05, 4.69) is 30.0 Å². The number of halogens is 1. The number of nitrogens with zero attached hydrogens (tertiary/aromatic N) is 1. The van der Waals surface area contributed by atoms with Crippen LogP contribution in [0.25, 0.3) is 11.1 Å². The summed E-state index contributed by atoms with van der Waals surface area (Å²) < 4.78 is 27.2. The van der Waals surface area contributed by atoms with Gasteiger partial charge in [0.2, 0.25) is 0 Å². The highest BCUT2D eigenvalue weighted by Gasteiger charge is 2.41. The average molecular weight is 475 g/mol. The summed E-state index contributed by atoms with van der Waals surface area (Å²) in [5, 5.41) is 0. The molecule has 2 N–H and O–H groups in total. The molecule has 0 saturated carbocycles. The molecular formula is C30H35FN2O2. The largest absolute Gasteiger partial charge is 0.489 e. The molecule has 2 heterocycles. The molecule has 3 aromatic rings. The fraction of sp³-hybridized carbons (Fsp3) is 0.400. The Kier molecular flexibility index (Phi) is 6.81. The van der Waals surface area contributed by atoms with Crippen molar-refractivity contribution in [2.24, 2.45) is 11.1 Å². The van der Waals surface area contributed by atoms with Crippen molar-refractivity contribution in [1.82, 2.24) is 0 Å². The summed E-state index contributed by atoms with van der Waals surface area (Å²) in [6.45, 7) is 8.10. The molecule has 0 radical (unpaired) electrons. The predicted molar refractivity (Wildman–Crippen MR) is 139 cm³/mol. The Morgan fingerprint density at radius 1 is 1.06 bits per heavy atom. The molecule has 5 heteroatoms. The van der Waals surface area contributed by atoms with Crippen LogP contribution in [0.3, 0.4) is 0 Å². The molecule has 2 fully saturated rings. The van der Waals surface area contributed by atoms with E-state index in [0.29, 0.717) is 23.1 Å². The Morgan fingerprint density at radius 3 is 2.51 bits per heavy atom. The number of anilines is 1. The molecule has 1 atom stereocenters. The summed E-state index contributed by atoms with van der Waals surface area (Å²) in [7, 11) is 0. The Bertz CT molecular complexity index is 1180. The van der Waals surface area contributed by atoms with E-state index in [1.165, 1.54) is 5.56 Å². The Morgan fingerprint density at radius 2 is 1.83 bits per heavy atom. The second-order valence-corrected chi connectivity index (χ2v) is 10.1. The SMILES string of the molecule is CCc1ccccc1OCc1cc(-c2cccc(C(C)N)c2F)cc(N2CCC3(CC2)COC3)c1. The number of benzene rings is 3. The first-order valence-electron chi connectivity index (χ1n) is 12.7. The van der Waals surface area contributed by atoms with E-state index in [1.54, 1.807) is 6.07 Å². The molecule has 4 nitrogen and oxygen atoms in total. The van der Waals surface area contributed by atoms with Gasteiger partial charge in [-0.1, -0.05) is 43.3 Å². The minimum atomic E-state index is -0.366. The zero-order chi connectivity index (χ0) is 24.4. The minimum absolute atomic E-state index is 0.243. The standard InChI is InChI=1S/C30H35FN2O2/c1-3-23-7-4-5-10-28(23)35-18-22-15-24(27-9-6-8-26(21(2)32)29(27)31)17-25(16-22)33-13-11-30(12-14-33)19-34-20-30/h4-10,15-17,21H,3,11-14,18-20,32H2,1-2H3. The highest BCUT2D eigenvalue weighted by molar-refractivity contribution is 5.71. The molecule has 0 bridgehead atoms. The smallest absolute Gasteiger partial charge is 0.135 e. The van der Waals surface area contributed by atoms with Gasteiger partial charge in [0.05, 0.1) is 13.2 Å². The number of ether oxygens (including phenoxy) is 2. The molecule has 184 valence electrons. The summed E-state index contributed by atoms with van der Waals surface area (Å²) in [5.41, 5.74) is 11.7. The van der Waals surface area contributed by atoms with E-state index in [9.17, 15) is 0 Å². The van der Waals surface area contributed by atoms with Crippen LogP contribution in [0.1, 0.15) is 49.4 Å². The quantitative estimate of drug-likeness (QED) is 0.438. The number of hydrogen-bond acceptors (Lipinski definition) is 4. The fourth-order valence-electron chi connectivity index (χ4n) is 5.24. The molecule has 0 aromatic heterocycles. The van der Waals surface area contributed by atoms with Crippen molar-refractivity contribution in [2.45, 2.75) is 45.8 Å². The maximum atomic E-state index is 15.5. The Labute approximate surface area is 207 Å². The van der Waals surface area contributed by atoms with Crippen LogP contribution < -0.4 is 15.4 Å². The van der Waals surface area contributed by atoms with Gasteiger partial charge in [-0.25, -0.2) is 4.39 Å². The second-order valence-electron chi connectivity index (χ2n) is 10.1. The molecular weight excluding hydrogens is 439 g/mol. The van der Waals surface area contributed by atoms with Gasteiger partial charge in [0.15, 0.2) is 0 Å². The fourth-order valence-corrected chi connectivity index (χ4v) is 5.24. The Balaban J connectivity index is 1.48. The maximum Gasteiger partial charge on any atom is 0.135 e. The molecule has 2 saturated heterocycles. The maximum absolute atomic E-state index is 15.5. The average Bonchev–Trinajstić information content (AvgIpc) is 2.86. The molecule has 0 aliphatic carbocycles. The van der Waals surface area contributed by atoms with Crippen molar-refractivity contribution >= 4 is 5.69 Å². The zero-order valence-electron chi connectivity index (χ0n) is 20.7. The highest BCUT2D eigenvalue weighted by atomic mass is 19.1. The van der Waals surface area contributed by atoms with Gasteiger partial charge < -0.3 is 20.1 Å². The third-order valence-electron chi connectivity index (χ3n) is 7.56. The van der Waals surface area contributed by atoms with Gasteiger partial charge in [-0.3, -0.25) is 0 Å². The summed E-state index contributed by atoms with van der Waals surface area (Å²) in [6, 6.07) is 19.6. The summed E-state index contributed by atoms with van der Waals surface area (Å²) in [6.07, 6.45) is 3.17. The second kappa shape index (κ2) is 10.00. The van der Waals surface area contributed by atoms with Crippen LogP contribution >= 0.6 is 0 Å². The van der Waals surface area contributed by atoms with Crippen molar-refractivity contribution in [3.63, 3.8) is 0 Å². The summed E-state index contributed by atoms with van der Waals surface area (Å²) >= 11 is 0. The zero-order valence-corrected chi connectivity index (χ0v) is 20.7. The number of nitrogens with two attached hydrogens (primary N) is 1. The van der Waals surface area contributed by atoms with Gasteiger partial charge >= 0.3 is 0 Å². The first kappa shape index (κ1) is 23.8. The highest BCUT2D eigenvalue weighted by Crippen LogP contribution is 2.40. The van der Waals surface area contributed by atoms with E-state index < -0.39 is 0 Å². The summed E-state index contributed by atoms with van der Waals surface area (Å²) in [5.74, 6) is 0.657. The third-order valence-corrected chi connectivity index (χ3v) is 7.56. The molecule has 35 heavy (non-hydrogen) atoms. The normalized spacial score (nSPS) is 17.8. The van der Waals surface area contributed by atoms with Crippen molar-refractivity contribution in [3.05, 3.63) is 83.2 Å². The molecule has 2 aliphatic heterocycles. The van der Waals surface area contributed by atoms with Crippen LogP contribution in [0.4, 0.5) is 10.1 Å². The third kappa shape index (κ3) is 4.93. The monoisotopic (exact) mass is 474 g/mol. The van der Waals surface area contributed by atoms with E-state index in [4.69, 9.17) is 15.2 Å². The van der Waals surface area contributed by atoms with Crippen LogP contribution in [-0.2, 0) is 17.8 Å². The van der Waals surface area contributed by atoms with Crippen LogP contribution in [0.2, 0.25) is 0 Å². The number of aryl methyl sites for hydroxylation is 1. The van der Waals surface area contributed by atoms with E-state index >= 15 is 4.39 Å². The van der Waals surface area contributed by atoms with Gasteiger partial charge in [-0.05, 0) is 67.1 Å². The predicted octanol–water partition coefficient (Wildman–Crippen LogP) is 6.27. The van der Waals surface area contributed by atoms with Crippen LogP contribution in [-0.4, -0.2) is 26.3 Å². The van der Waals surface area contributed by atoms with Gasteiger partial charge in [-0.2, -0.15) is 0 Å². The number of para-hydroxylation sites is 1. The summed E-state index contributed by atoms with van der Waals surface area (Å²) in [4.78, 5) is 2.42. The van der Waals surface area contributed by atoms with Crippen molar-refractivity contribution < 1.29 is 13.9 Å². The van der Waals surface area contributed by atoms with Crippen LogP contribution in [0, 0.1) is 11.2 Å². The van der Waals surface area contributed by atoms with E-state index in [0.717, 1.165) is 68.1 Å². The van der Waals surface area contributed by atoms with Crippen LogP contribution in [0.15, 0.2) is 60.7 Å². The number of rotatable bonds is 7. The van der Waals surface area contributed by atoms with Crippen molar-refractivity contribution in [3.8, 4) is 16.9 Å². The van der Waals surface area contributed by atoms with Gasteiger partial charge in [0.25, 0.3) is 0 Å². The van der Waals surface area contributed by atoms with Gasteiger partial charge in [-0.15, -0.1) is 0 Å². The number of hydrogen-bond donors (Lipinski definition) is 1. The molecule has 3 aromatic carbocycles. The van der Waals surface area contributed by atoms with Crippen molar-refractivity contribution in [1.29, 1.82) is 0 Å². The lowest BCUT2D eigenvalue weighted by Crippen LogP contribution is -2.50. The molecule has 2 aliphatic rings. The van der Waals surface area contributed by atoms with Gasteiger partial charge in [0.1, 0.15) is 18.2 Å². The molecule has 1 spiro atoms. The van der Waals surface area contributed by atoms with Gasteiger partial charge in [0, 0.05) is 41.4 Å². The number of piperidine rings is 1. The Hall–Kier alpha value is -2.89. The lowest BCUT2D eigenvalue weighted by atomic mass is 9.76. The van der Waals surface area contributed by atoms with Crippen LogP contribution in [0.5, 0.6) is 5.75 Å². The first-order chi connectivity index (χ1) is 17.0. The van der Waals surface area contributed by atoms with Crippen molar-refractivity contribution in [2.75, 3.05) is 31.2 Å². The lowest BCUT2D eigenvalue weighted by Gasteiger charge is -2.48. The molecule has 0 amide bonds. The molecule has 1 unspecified atom stereocenters. The topological polar surface area (TPSA) is 47.7 Å². The lowest BCUT2D eigenvalue weighted by molar-refractivity contribution is -0.124. The minimum Gasteiger partial charge on any atom is -0.489 e. The van der Waals surface area contributed by atoms with E-state index in [-0.39, 0.29) is 11.9 Å². The van der Waals surface area contributed by atoms with E-state index in [1.807, 2.05) is 43.3 Å². The molecule has 5 rings (SSSR count).